The van der Waals surface area contributed by atoms with Gasteiger partial charge in [0.1, 0.15) is 0 Å². The number of hydrogen-bond donors (Lipinski definition) is 0. The van der Waals surface area contributed by atoms with Crippen molar-refractivity contribution in [2.75, 3.05) is 13.2 Å². The van der Waals surface area contributed by atoms with E-state index in [0.717, 1.165) is 19.4 Å². The first kappa shape index (κ1) is 31.3. The van der Waals surface area contributed by atoms with Crippen LogP contribution in [0.5, 0.6) is 0 Å². The van der Waals surface area contributed by atoms with Crippen LogP contribution in [0.25, 0.3) is 0 Å². The van der Waals surface area contributed by atoms with E-state index in [1.54, 1.807) is 0 Å². The maximum atomic E-state index is 8.79. The minimum Gasteiger partial charge on any atom is -0.322 e. The summed E-state index contributed by atoms with van der Waals surface area (Å²) < 4.78 is 14.4. The number of allylic oxidation sites excluding steroid dienone is 4. The Kier molecular flexibility index (Phi) is 22.9. The quantitative estimate of drug-likeness (QED) is 0.0906. The summed E-state index contributed by atoms with van der Waals surface area (Å²) >= 11 is 0. The second-order valence-electron chi connectivity index (χ2n) is 8.96. The van der Waals surface area contributed by atoms with Crippen molar-refractivity contribution < 1.29 is 9.05 Å². The van der Waals surface area contributed by atoms with E-state index in [2.05, 4.69) is 69.7 Å². The molecule has 186 valence electrons. The molecule has 0 heterocycles. The summed E-state index contributed by atoms with van der Waals surface area (Å²) in [7, 11) is -1.09. The second-order valence-corrected chi connectivity index (χ2v) is 10.4. The van der Waals surface area contributed by atoms with Gasteiger partial charge in [0, 0.05) is 12.1 Å². The van der Waals surface area contributed by atoms with Crippen LogP contribution in [-0.2, 0) is 9.05 Å². The monoisotopic (exact) mass is 466 g/mol. The molecule has 4 nitrogen and oxygen atoms in total. The fourth-order valence-electron chi connectivity index (χ4n) is 3.53. The highest BCUT2D eigenvalue weighted by Gasteiger charge is 2.26. The molecule has 0 aliphatic heterocycles. The summed E-state index contributed by atoms with van der Waals surface area (Å²) in [5.74, 6) is 0. The largest absolute Gasteiger partial charge is 0.322 e. The van der Waals surface area contributed by atoms with Crippen molar-refractivity contribution in [1.29, 1.82) is 5.26 Å². The van der Waals surface area contributed by atoms with Crippen molar-refractivity contribution in [3.05, 3.63) is 24.3 Å². The summed E-state index contributed by atoms with van der Waals surface area (Å²) in [5.41, 5.74) is 0. The molecule has 0 aromatic heterocycles. The maximum absolute atomic E-state index is 8.79. The molecule has 0 amide bonds. The third-order valence-corrected chi connectivity index (χ3v) is 7.32. The van der Waals surface area contributed by atoms with Crippen LogP contribution in [0.3, 0.4) is 0 Å². The van der Waals surface area contributed by atoms with Crippen LogP contribution in [-0.4, -0.2) is 30.0 Å². The van der Waals surface area contributed by atoms with Gasteiger partial charge in [-0.15, -0.1) is 0 Å². The van der Waals surface area contributed by atoms with E-state index < -0.39 is 8.53 Å². The molecule has 0 bridgehead atoms. The third kappa shape index (κ3) is 18.8. The van der Waals surface area contributed by atoms with Gasteiger partial charge in [0.15, 0.2) is 0 Å². The number of nitriles is 1. The van der Waals surface area contributed by atoms with E-state index in [4.69, 9.17) is 14.3 Å². The molecule has 0 aromatic rings. The van der Waals surface area contributed by atoms with E-state index >= 15 is 0 Å². The lowest BCUT2D eigenvalue weighted by atomic mass is 10.1. The van der Waals surface area contributed by atoms with Crippen LogP contribution in [0.2, 0.25) is 0 Å². The van der Waals surface area contributed by atoms with Gasteiger partial charge in [0.2, 0.25) is 0 Å². The predicted molar refractivity (Wildman–Crippen MR) is 141 cm³/mol. The third-order valence-electron chi connectivity index (χ3n) is 5.21. The average Bonchev–Trinajstić information content (AvgIpc) is 2.75. The van der Waals surface area contributed by atoms with E-state index in [9.17, 15) is 0 Å². The summed E-state index contributed by atoms with van der Waals surface area (Å²) in [5, 5.41) is 8.79. The lowest BCUT2D eigenvalue weighted by Crippen LogP contribution is -2.33. The van der Waals surface area contributed by atoms with Crippen molar-refractivity contribution in [2.45, 2.75) is 130 Å². The number of unbranched alkanes of at least 4 members (excludes halogenated alkanes) is 9. The van der Waals surface area contributed by atoms with Crippen molar-refractivity contribution in [2.24, 2.45) is 0 Å². The van der Waals surface area contributed by atoms with Gasteiger partial charge in [0.05, 0.1) is 25.7 Å². The molecule has 0 N–H and O–H groups in total. The van der Waals surface area contributed by atoms with Crippen molar-refractivity contribution in [3.63, 3.8) is 0 Å². The lowest BCUT2D eigenvalue weighted by Gasteiger charge is -2.35. The molecule has 0 aromatic carbocycles. The smallest absolute Gasteiger partial charge is 0.259 e. The number of rotatable bonds is 22. The van der Waals surface area contributed by atoms with Gasteiger partial charge in [-0.25, -0.2) is 4.67 Å². The minimum absolute atomic E-state index is 0.361. The molecule has 32 heavy (non-hydrogen) atoms. The van der Waals surface area contributed by atoms with Crippen LogP contribution >= 0.6 is 8.53 Å². The van der Waals surface area contributed by atoms with Gasteiger partial charge in [-0.3, -0.25) is 0 Å². The fourth-order valence-corrected chi connectivity index (χ4v) is 5.16. The summed E-state index contributed by atoms with van der Waals surface area (Å²) in [6, 6.07) is 2.87. The van der Waals surface area contributed by atoms with E-state index in [0.29, 0.717) is 25.1 Å². The highest BCUT2D eigenvalue weighted by molar-refractivity contribution is 7.44. The van der Waals surface area contributed by atoms with E-state index in [1.165, 1.54) is 64.2 Å². The Morgan fingerprint density at radius 1 is 0.750 bits per heavy atom. The van der Waals surface area contributed by atoms with Crippen LogP contribution < -0.4 is 0 Å². The van der Waals surface area contributed by atoms with Gasteiger partial charge in [0.25, 0.3) is 8.53 Å². The second kappa shape index (κ2) is 23.4. The first-order chi connectivity index (χ1) is 15.5. The zero-order chi connectivity index (χ0) is 23.9. The first-order valence-electron chi connectivity index (χ1n) is 13.1. The highest BCUT2D eigenvalue weighted by atomic mass is 31.2. The minimum atomic E-state index is -1.09. The van der Waals surface area contributed by atoms with Crippen molar-refractivity contribution >= 4 is 8.53 Å². The Morgan fingerprint density at radius 3 is 1.84 bits per heavy atom. The highest BCUT2D eigenvalue weighted by Crippen LogP contribution is 2.46. The topological polar surface area (TPSA) is 45.5 Å². The van der Waals surface area contributed by atoms with Crippen LogP contribution in [0.1, 0.15) is 118 Å². The van der Waals surface area contributed by atoms with Crippen LogP contribution in [0.4, 0.5) is 0 Å². The predicted octanol–water partition coefficient (Wildman–Crippen LogP) is 9.09. The van der Waals surface area contributed by atoms with E-state index in [1.807, 2.05) is 0 Å². The SMILES string of the molecule is CCCC/C=C\C/C=C\CCCCCCCCCOP(OCCC#N)N(C(C)C)C(C)C. The summed E-state index contributed by atoms with van der Waals surface area (Å²) in [6.45, 7) is 12.1. The van der Waals surface area contributed by atoms with Gasteiger partial charge in [-0.2, -0.15) is 5.26 Å². The Labute approximate surface area is 201 Å². The summed E-state index contributed by atoms with van der Waals surface area (Å²) in [4.78, 5) is 0. The Bertz CT molecular complexity index is 492. The summed E-state index contributed by atoms with van der Waals surface area (Å²) in [6.07, 6.45) is 24.7. The molecular formula is C27H51N2O2P. The van der Waals surface area contributed by atoms with Gasteiger partial charge < -0.3 is 9.05 Å². The number of nitrogens with zero attached hydrogens (tertiary/aromatic N) is 2. The first-order valence-corrected chi connectivity index (χ1v) is 14.2. The molecule has 0 fully saturated rings. The van der Waals surface area contributed by atoms with Gasteiger partial charge >= 0.3 is 0 Å². The molecule has 0 radical (unpaired) electrons. The Morgan fingerprint density at radius 2 is 1.28 bits per heavy atom. The molecule has 0 aliphatic rings. The molecule has 0 saturated carbocycles. The molecular weight excluding hydrogens is 415 g/mol. The Balaban J connectivity index is 3.78. The van der Waals surface area contributed by atoms with Crippen LogP contribution in [0.15, 0.2) is 24.3 Å². The van der Waals surface area contributed by atoms with Crippen molar-refractivity contribution in [3.8, 4) is 6.07 Å². The fraction of sp³-hybridized carbons (Fsp3) is 0.815. The van der Waals surface area contributed by atoms with Crippen molar-refractivity contribution in [1.82, 2.24) is 4.67 Å². The van der Waals surface area contributed by atoms with Gasteiger partial charge in [-0.1, -0.05) is 76.2 Å². The molecule has 0 spiro atoms. The number of hydrogen-bond acceptors (Lipinski definition) is 4. The molecule has 0 saturated heterocycles. The van der Waals surface area contributed by atoms with E-state index in [-0.39, 0.29) is 0 Å². The molecule has 5 heteroatoms. The average molecular weight is 467 g/mol. The molecule has 1 unspecified atom stereocenters. The molecule has 0 aliphatic carbocycles. The Hall–Kier alpha value is -0.720. The van der Waals surface area contributed by atoms with Gasteiger partial charge in [-0.05, 0) is 59.8 Å². The zero-order valence-corrected chi connectivity index (χ0v) is 22.6. The lowest BCUT2D eigenvalue weighted by molar-refractivity contribution is 0.174. The standard InChI is InChI=1S/C27H51N2O2P/c1-6-7-8-9-10-11-12-13-14-15-16-17-18-19-20-21-24-30-32(31-25-22-23-28)29(26(2)3)27(4)5/h9-10,12-13,26-27H,6-8,11,14-22,24-25H2,1-5H3/b10-9-,13-12-. The normalized spacial score (nSPS) is 13.2. The maximum Gasteiger partial charge on any atom is 0.259 e. The molecule has 1 atom stereocenters. The van der Waals surface area contributed by atoms with Crippen LogP contribution in [0, 0.1) is 11.3 Å². The molecule has 0 rings (SSSR count). The zero-order valence-electron chi connectivity index (χ0n) is 21.7.